The lowest BCUT2D eigenvalue weighted by molar-refractivity contribution is 0.331. The zero-order chi connectivity index (χ0) is 22.0. The van der Waals surface area contributed by atoms with E-state index in [0.29, 0.717) is 6.54 Å². The van der Waals surface area contributed by atoms with Crippen molar-refractivity contribution >= 4 is 35.8 Å². The zero-order valence-corrected chi connectivity index (χ0v) is 22.3. The number of aliphatic imine (C=N–C) groups is 1. The second-order valence-electron chi connectivity index (χ2n) is 8.92. The number of nitrogens with zero attached hydrogens (tertiary/aromatic N) is 4. The van der Waals surface area contributed by atoms with E-state index in [9.17, 15) is 0 Å². The third kappa shape index (κ3) is 8.14. The van der Waals surface area contributed by atoms with Crippen LogP contribution >= 0.6 is 24.0 Å². The summed E-state index contributed by atoms with van der Waals surface area (Å²) in [6, 6.07) is 13.2. The molecule has 2 N–H and O–H groups in total. The zero-order valence-electron chi connectivity index (χ0n) is 19.9. The lowest BCUT2D eigenvalue weighted by Gasteiger charge is -2.27. The molecule has 2 fully saturated rings. The first kappa shape index (κ1) is 25.7. The summed E-state index contributed by atoms with van der Waals surface area (Å²) in [5, 5.41) is 6.85. The average Bonchev–Trinajstić information content (AvgIpc) is 3.36. The molecule has 0 unspecified atom stereocenters. The minimum atomic E-state index is 0. The van der Waals surface area contributed by atoms with Crippen molar-refractivity contribution in [3.63, 3.8) is 0 Å². The van der Waals surface area contributed by atoms with Gasteiger partial charge in [-0.3, -0.25) is 4.90 Å². The Hall–Kier alpha value is -1.87. The molecule has 0 spiro atoms. The quantitative estimate of drug-likeness (QED) is 0.281. The van der Waals surface area contributed by atoms with Gasteiger partial charge >= 0.3 is 0 Å². The van der Waals surface area contributed by atoms with Crippen LogP contribution in [0.2, 0.25) is 0 Å². The van der Waals surface area contributed by atoms with Crippen LogP contribution in [0.15, 0.2) is 47.6 Å². The van der Waals surface area contributed by atoms with Crippen LogP contribution in [0, 0.1) is 0 Å². The van der Waals surface area contributed by atoms with Gasteiger partial charge in [-0.05, 0) is 80.9 Å². The molecule has 2 aliphatic heterocycles. The number of benzene rings is 1. The van der Waals surface area contributed by atoms with Crippen molar-refractivity contribution in [2.45, 2.75) is 58.7 Å². The predicted molar refractivity (Wildman–Crippen MR) is 148 cm³/mol. The van der Waals surface area contributed by atoms with Gasteiger partial charge in [-0.15, -0.1) is 24.0 Å². The normalized spacial score (nSPS) is 17.0. The van der Waals surface area contributed by atoms with Gasteiger partial charge in [0.2, 0.25) is 0 Å². The van der Waals surface area contributed by atoms with E-state index < -0.39 is 0 Å². The molecule has 7 heteroatoms. The Morgan fingerprint density at radius 3 is 2.30 bits per heavy atom. The Kier molecular flexibility index (Phi) is 10.7. The summed E-state index contributed by atoms with van der Waals surface area (Å²) in [7, 11) is 0. The minimum absolute atomic E-state index is 0. The first-order valence-corrected chi connectivity index (χ1v) is 12.3. The molecule has 3 heterocycles. The second kappa shape index (κ2) is 13.7. The number of aromatic nitrogens is 1. The lowest BCUT2D eigenvalue weighted by Crippen LogP contribution is -2.36. The van der Waals surface area contributed by atoms with Crippen molar-refractivity contribution in [2.75, 3.05) is 37.6 Å². The number of rotatable bonds is 8. The number of hydrogen-bond donors (Lipinski definition) is 2. The predicted octanol–water partition coefficient (Wildman–Crippen LogP) is 4.54. The molecule has 2 aromatic rings. The number of guanidine groups is 1. The fourth-order valence-corrected chi connectivity index (χ4v) is 4.51. The highest BCUT2D eigenvalue weighted by atomic mass is 127. The van der Waals surface area contributed by atoms with Crippen molar-refractivity contribution in [2.24, 2.45) is 4.99 Å². The minimum Gasteiger partial charge on any atom is -0.357 e. The van der Waals surface area contributed by atoms with E-state index >= 15 is 0 Å². The van der Waals surface area contributed by atoms with Crippen LogP contribution in [0.4, 0.5) is 5.82 Å². The third-order valence-electron chi connectivity index (χ3n) is 6.34. The van der Waals surface area contributed by atoms with Gasteiger partial charge in [0.05, 0.1) is 6.54 Å². The summed E-state index contributed by atoms with van der Waals surface area (Å²) in [6.45, 7) is 10.1. The maximum absolute atomic E-state index is 4.81. The fraction of sp³-hybridized carbons (Fsp3) is 0.538. The molecule has 2 saturated heterocycles. The van der Waals surface area contributed by atoms with Crippen LogP contribution < -0.4 is 15.5 Å². The van der Waals surface area contributed by atoms with Crippen molar-refractivity contribution in [3.8, 4) is 0 Å². The molecular weight excluding hydrogens is 523 g/mol. The van der Waals surface area contributed by atoms with Gasteiger partial charge in [0.1, 0.15) is 5.82 Å². The first-order chi connectivity index (χ1) is 15.8. The highest BCUT2D eigenvalue weighted by Crippen LogP contribution is 2.19. The Bertz CT molecular complexity index is 857. The third-order valence-corrected chi connectivity index (χ3v) is 6.34. The molecule has 1 aromatic heterocycles. The molecule has 4 rings (SSSR count). The molecule has 180 valence electrons. The van der Waals surface area contributed by atoms with Gasteiger partial charge < -0.3 is 15.5 Å². The molecule has 6 nitrogen and oxygen atoms in total. The number of halogens is 1. The SMILES string of the molecule is CCNC(=NCc1ccnc(N2CCCCC2)c1)NCc1ccc(CN2CCCC2)cc1.I. The Morgan fingerprint density at radius 1 is 0.879 bits per heavy atom. The van der Waals surface area contributed by atoms with Crippen LogP contribution in [0.5, 0.6) is 0 Å². The summed E-state index contributed by atoms with van der Waals surface area (Å²) in [5.41, 5.74) is 3.87. The smallest absolute Gasteiger partial charge is 0.191 e. The van der Waals surface area contributed by atoms with Crippen LogP contribution in [-0.4, -0.2) is 48.6 Å². The maximum atomic E-state index is 4.81. The second-order valence-corrected chi connectivity index (χ2v) is 8.92. The number of nitrogens with one attached hydrogen (secondary N) is 2. The average molecular weight is 563 g/mol. The Balaban J connectivity index is 0.00000306. The van der Waals surface area contributed by atoms with E-state index in [-0.39, 0.29) is 24.0 Å². The first-order valence-electron chi connectivity index (χ1n) is 12.3. The topological polar surface area (TPSA) is 55.8 Å². The van der Waals surface area contributed by atoms with Crippen LogP contribution in [0.1, 0.15) is 55.7 Å². The molecule has 0 radical (unpaired) electrons. The molecule has 0 atom stereocenters. The van der Waals surface area contributed by atoms with Crippen molar-refractivity contribution in [1.29, 1.82) is 0 Å². The molecule has 0 bridgehead atoms. The summed E-state index contributed by atoms with van der Waals surface area (Å²) in [5.74, 6) is 1.94. The van der Waals surface area contributed by atoms with Gasteiger partial charge in [0.15, 0.2) is 5.96 Å². The molecule has 0 saturated carbocycles. The van der Waals surface area contributed by atoms with Crippen molar-refractivity contribution in [3.05, 3.63) is 59.3 Å². The highest BCUT2D eigenvalue weighted by Gasteiger charge is 2.13. The van der Waals surface area contributed by atoms with E-state index in [2.05, 4.69) is 68.7 Å². The number of piperidine rings is 1. The van der Waals surface area contributed by atoms with Gasteiger partial charge in [-0.1, -0.05) is 24.3 Å². The van der Waals surface area contributed by atoms with Gasteiger partial charge in [0, 0.05) is 38.9 Å². The standard InChI is InChI=1S/C26H38N6.HI/c1-2-27-26(29-19-22-8-10-23(11-9-22)21-31-14-6-7-15-31)30-20-24-12-13-28-25(18-24)32-16-4-3-5-17-32;/h8-13,18H,2-7,14-17,19-21H2,1H3,(H2,27,29,30);1H. The van der Waals surface area contributed by atoms with Crippen molar-refractivity contribution in [1.82, 2.24) is 20.5 Å². The largest absolute Gasteiger partial charge is 0.357 e. The Morgan fingerprint density at radius 2 is 1.58 bits per heavy atom. The summed E-state index contributed by atoms with van der Waals surface area (Å²) >= 11 is 0. The maximum Gasteiger partial charge on any atom is 0.191 e. The Labute approximate surface area is 216 Å². The van der Waals surface area contributed by atoms with Crippen LogP contribution in [0.3, 0.4) is 0 Å². The monoisotopic (exact) mass is 562 g/mol. The lowest BCUT2D eigenvalue weighted by atomic mass is 10.1. The van der Waals surface area contributed by atoms with E-state index in [0.717, 1.165) is 44.5 Å². The molecular formula is C26H39IN6. The molecule has 0 amide bonds. The molecule has 1 aromatic carbocycles. The van der Waals surface area contributed by atoms with Gasteiger partial charge in [-0.2, -0.15) is 0 Å². The summed E-state index contributed by atoms with van der Waals surface area (Å²) in [6.07, 6.45) is 8.45. The number of likely N-dealkylation sites (tertiary alicyclic amines) is 1. The van der Waals surface area contributed by atoms with E-state index in [1.54, 1.807) is 0 Å². The van der Waals surface area contributed by atoms with E-state index in [1.807, 2.05) is 6.20 Å². The van der Waals surface area contributed by atoms with Crippen LogP contribution in [0.25, 0.3) is 0 Å². The highest BCUT2D eigenvalue weighted by molar-refractivity contribution is 14.0. The van der Waals surface area contributed by atoms with E-state index in [1.165, 1.54) is 61.9 Å². The molecule has 2 aliphatic rings. The van der Waals surface area contributed by atoms with Gasteiger partial charge in [0.25, 0.3) is 0 Å². The number of hydrogen-bond acceptors (Lipinski definition) is 4. The molecule has 33 heavy (non-hydrogen) atoms. The summed E-state index contributed by atoms with van der Waals surface area (Å²) < 4.78 is 0. The van der Waals surface area contributed by atoms with Gasteiger partial charge in [-0.25, -0.2) is 9.98 Å². The van der Waals surface area contributed by atoms with E-state index in [4.69, 9.17) is 4.99 Å². The van der Waals surface area contributed by atoms with Crippen LogP contribution in [-0.2, 0) is 19.6 Å². The number of pyridine rings is 1. The molecule has 0 aliphatic carbocycles. The summed E-state index contributed by atoms with van der Waals surface area (Å²) in [4.78, 5) is 14.3. The number of anilines is 1. The van der Waals surface area contributed by atoms with Crippen molar-refractivity contribution < 1.29 is 0 Å². The fourth-order valence-electron chi connectivity index (χ4n) is 4.51.